The van der Waals surface area contributed by atoms with Crippen LogP contribution in [0.2, 0.25) is 0 Å². The minimum atomic E-state index is 0.0706. The largest absolute Gasteiger partial charge is 0.355 e. The number of carbonyl (C=O) groups is 1. The molecule has 0 aromatic carbocycles. The molecule has 1 saturated heterocycles. The van der Waals surface area contributed by atoms with Gasteiger partial charge in [0, 0.05) is 31.1 Å². The van der Waals surface area contributed by atoms with Crippen LogP contribution < -0.4 is 4.90 Å². The van der Waals surface area contributed by atoms with E-state index in [1.165, 1.54) is 16.0 Å². The summed E-state index contributed by atoms with van der Waals surface area (Å²) in [7, 11) is 0. The zero-order valence-corrected chi connectivity index (χ0v) is 16.3. The van der Waals surface area contributed by atoms with Gasteiger partial charge in [-0.1, -0.05) is 0 Å². The highest BCUT2D eigenvalue weighted by molar-refractivity contribution is 7.18. The van der Waals surface area contributed by atoms with E-state index in [1.54, 1.807) is 17.7 Å². The summed E-state index contributed by atoms with van der Waals surface area (Å²) in [5.41, 5.74) is 3.56. The van der Waals surface area contributed by atoms with Crippen LogP contribution in [0.1, 0.15) is 22.4 Å². The van der Waals surface area contributed by atoms with Gasteiger partial charge in [-0.05, 0) is 47.7 Å². The third-order valence-corrected chi connectivity index (χ3v) is 7.57. The van der Waals surface area contributed by atoms with Crippen molar-refractivity contribution in [2.75, 3.05) is 24.5 Å². The first-order chi connectivity index (χ1) is 12.7. The number of aryl methyl sites for hydroxylation is 1. The van der Waals surface area contributed by atoms with Gasteiger partial charge in [0.05, 0.1) is 16.1 Å². The summed E-state index contributed by atoms with van der Waals surface area (Å²) in [4.78, 5) is 27.8. The van der Waals surface area contributed by atoms with Gasteiger partial charge < -0.3 is 9.80 Å². The number of amides is 1. The van der Waals surface area contributed by atoms with Crippen LogP contribution in [0.4, 0.5) is 5.82 Å². The third-order valence-electron chi connectivity index (χ3n) is 5.47. The summed E-state index contributed by atoms with van der Waals surface area (Å²) >= 11 is 3.51. The zero-order valence-electron chi connectivity index (χ0n) is 14.6. The molecule has 1 amide bonds. The van der Waals surface area contributed by atoms with Crippen molar-refractivity contribution in [1.82, 2.24) is 14.9 Å². The zero-order chi connectivity index (χ0) is 17.7. The van der Waals surface area contributed by atoms with E-state index in [1.807, 2.05) is 16.2 Å². The monoisotopic (exact) mass is 384 g/mol. The molecule has 0 spiro atoms. The lowest BCUT2D eigenvalue weighted by Crippen LogP contribution is -2.40. The predicted octanol–water partition coefficient (Wildman–Crippen LogP) is 3.47. The SMILES string of the molecule is Cc1csc2c(N3CCC(C(=O)N4CCc5sccc5C4)C3)ncnc12. The van der Waals surface area contributed by atoms with E-state index in [-0.39, 0.29) is 5.92 Å². The lowest BCUT2D eigenvalue weighted by Gasteiger charge is -2.29. The fourth-order valence-electron chi connectivity index (χ4n) is 4.03. The highest BCUT2D eigenvalue weighted by Gasteiger charge is 2.34. The van der Waals surface area contributed by atoms with E-state index in [4.69, 9.17) is 0 Å². The molecule has 3 aromatic heterocycles. The van der Waals surface area contributed by atoms with Crippen molar-refractivity contribution in [2.45, 2.75) is 26.3 Å². The molecule has 7 heteroatoms. The molecule has 5 rings (SSSR count). The first kappa shape index (κ1) is 16.2. The quantitative estimate of drug-likeness (QED) is 0.679. The number of thiophene rings is 2. The van der Waals surface area contributed by atoms with E-state index < -0.39 is 0 Å². The van der Waals surface area contributed by atoms with Gasteiger partial charge in [0.2, 0.25) is 5.91 Å². The van der Waals surface area contributed by atoms with Crippen LogP contribution in [0, 0.1) is 12.8 Å². The van der Waals surface area contributed by atoms with Crippen LogP contribution >= 0.6 is 22.7 Å². The first-order valence-electron chi connectivity index (χ1n) is 8.98. The lowest BCUT2D eigenvalue weighted by molar-refractivity contribution is -0.135. The molecular formula is C19H20N4OS2. The minimum absolute atomic E-state index is 0.0706. The molecule has 1 unspecified atom stereocenters. The summed E-state index contributed by atoms with van der Waals surface area (Å²) in [6.07, 6.45) is 3.55. The highest BCUT2D eigenvalue weighted by Crippen LogP contribution is 2.34. The van der Waals surface area contributed by atoms with Crippen LogP contribution in [0.25, 0.3) is 10.2 Å². The first-order valence-corrected chi connectivity index (χ1v) is 10.7. The molecule has 26 heavy (non-hydrogen) atoms. The Morgan fingerprint density at radius 2 is 2.19 bits per heavy atom. The van der Waals surface area contributed by atoms with Crippen LogP contribution in [-0.2, 0) is 17.8 Å². The summed E-state index contributed by atoms with van der Waals surface area (Å²) in [5.74, 6) is 1.36. The molecule has 5 heterocycles. The maximum atomic E-state index is 13.0. The van der Waals surface area contributed by atoms with Crippen molar-refractivity contribution in [3.05, 3.63) is 39.2 Å². The molecule has 0 radical (unpaired) electrons. The van der Waals surface area contributed by atoms with Crippen molar-refractivity contribution in [3.63, 3.8) is 0 Å². The number of aromatic nitrogens is 2. The van der Waals surface area contributed by atoms with Crippen molar-refractivity contribution in [3.8, 4) is 0 Å². The van der Waals surface area contributed by atoms with Crippen molar-refractivity contribution in [2.24, 2.45) is 5.92 Å². The molecule has 1 atom stereocenters. The van der Waals surface area contributed by atoms with Gasteiger partial charge in [-0.2, -0.15) is 0 Å². The Balaban J connectivity index is 1.33. The summed E-state index contributed by atoms with van der Waals surface area (Å²) in [5, 5.41) is 4.27. The molecular weight excluding hydrogens is 364 g/mol. The van der Waals surface area contributed by atoms with Gasteiger partial charge >= 0.3 is 0 Å². The molecule has 0 bridgehead atoms. The maximum Gasteiger partial charge on any atom is 0.227 e. The second kappa shape index (κ2) is 6.32. The Hall–Kier alpha value is -1.99. The Labute approximate surface area is 160 Å². The van der Waals surface area contributed by atoms with E-state index in [0.29, 0.717) is 5.91 Å². The standard InChI is InChI=1S/C19H20N4OS2/c1-12-10-26-17-16(12)20-11-21-18(17)22-5-2-14(9-22)19(24)23-6-3-15-13(8-23)4-7-25-15/h4,7,10-11,14H,2-3,5-6,8-9H2,1H3. The van der Waals surface area contributed by atoms with Crippen molar-refractivity contribution >= 4 is 44.6 Å². The summed E-state index contributed by atoms with van der Waals surface area (Å²) in [6.45, 7) is 5.35. The number of rotatable bonds is 2. The van der Waals surface area contributed by atoms with Gasteiger partial charge in [0.1, 0.15) is 12.1 Å². The number of nitrogens with zero attached hydrogens (tertiary/aromatic N) is 4. The predicted molar refractivity (Wildman–Crippen MR) is 106 cm³/mol. The fourth-order valence-corrected chi connectivity index (χ4v) is 5.94. The highest BCUT2D eigenvalue weighted by atomic mass is 32.1. The summed E-state index contributed by atoms with van der Waals surface area (Å²) in [6, 6.07) is 2.16. The van der Waals surface area contributed by atoms with Crippen LogP contribution in [-0.4, -0.2) is 40.4 Å². The van der Waals surface area contributed by atoms with Gasteiger partial charge in [0.25, 0.3) is 0 Å². The minimum Gasteiger partial charge on any atom is -0.355 e. The number of fused-ring (bicyclic) bond motifs is 2. The molecule has 134 valence electrons. The number of anilines is 1. The van der Waals surface area contributed by atoms with E-state index in [9.17, 15) is 4.79 Å². The Morgan fingerprint density at radius 3 is 3.12 bits per heavy atom. The van der Waals surface area contributed by atoms with Crippen LogP contribution in [0.15, 0.2) is 23.2 Å². The smallest absolute Gasteiger partial charge is 0.227 e. The molecule has 1 fully saturated rings. The second-order valence-electron chi connectivity index (χ2n) is 7.10. The molecule has 2 aliphatic heterocycles. The van der Waals surface area contributed by atoms with Crippen molar-refractivity contribution in [1.29, 1.82) is 0 Å². The fraction of sp³-hybridized carbons (Fsp3) is 0.421. The van der Waals surface area contributed by atoms with E-state index in [0.717, 1.165) is 55.1 Å². The normalized spacial score (nSPS) is 20.0. The molecule has 5 nitrogen and oxygen atoms in total. The van der Waals surface area contributed by atoms with Crippen molar-refractivity contribution < 1.29 is 4.79 Å². The molecule has 0 N–H and O–H groups in total. The number of carbonyl (C=O) groups excluding carboxylic acids is 1. The Kier molecular flexibility index (Phi) is 3.94. The second-order valence-corrected chi connectivity index (χ2v) is 8.98. The van der Waals surface area contributed by atoms with Gasteiger partial charge in [-0.3, -0.25) is 4.79 Å². The lowest BCUT2D eigenvalue weighted by atomic mass is 10.0. The molecule has 3 aromatic rings. The number of hydrogen-bond donors (Lipinski definition) is 0. The third kappa shape index (κ3) is 2.61. The van der Waals surface area contributed by atoms with E-state index >= 15 is 0 Å². The Morgan fingerprint density at radius 1 is 1.27 bits per heavy atom. The Bertz CT molecular complexity index is 979. The average molecular weight is 385 g/mol. The molecule has 0 saturated carbocycles. The molecule has 2 aliphatic rings. The topological polar surface area (TPSA) is 49.3 Å². The van der Waals surface area contributed by atoms with Gasteiger partial charge in [0.15, 0.2) is 0 Å². The number of hydrogen-bond acceptors (Lipinski definition) is 6. The molecule has 0 aliphatic carbocycles. The summed E-state index contributed by atoms with van der Waals surface area (Å²) < 4.78 is 1.14. The van der Waals surface area contributed by atoms with Gasteiger partial charge in [-0.15, -0.1) is 22.7 Å². The average Bonchev–Trinajstić information content (AvgIpc) is 3.40. The van der Waals surface area contributed by atoms with E-state index in [2.05, 4.69) is 38.6 Å². The van der Waals surface area contributed by atoms with Crippen LogP contribution in [0.3, 0.4) is 0 Å². The van der Waals surface area contributed by atoms with Gasteiger partial charge in [-0.25, -0.2) is 9.97 Å². The maximum absolute atomic E-state index is 13.0. The van der Waals surface area contributed by atoms with Crippen LogP contribution in [0.5, 0.6) is 0 Å².